The van der Waals surface area contributed by atoms with Gasteiger partial charge in [-0.25, -0.2) is 5.01 Å². The van der Waals surface area contributed by atoms with Gasteiger partial charge in [0.15, 0.2) is 0 Å². The molecule has 0 aromatic heterocycles. The van der Waals surface area contributed by atoms with E-state index in [1.54, 1.807) is 0 Å². The first-order chi connectivity index (χ1) is 13.0. The van der Waals surface area contributed by atoms with Crippen molar-refractivity contribution in [3.63, 3.8) is 0 Å². The first kappa shape index (κ1) is 18.8. The van der Waals surface area contributed by atoms with Crippen LogP contribution in [0.1, 0.15) is 37.8 Å². The third-order valence-electron chi connectivity index (χ3n) is 4.79. The molecule has 1 aliphatic heterocycles. The molecule has 5 heteroatoms. The smallest absolute Gasteiger partial charge is 0.267 e. The molecule has 1 aliphatic rings. The van der Waals surface area contributed by atoms with Gasteiger partial charge < -0.3 is 5.32 Å². The van der Waals surface area contributed by atoms with Gasteiger partial charge in [-0.2, -0.15) is 5.10 Å². The van der Waals surface area contributed by atoms with Crippen molar-refractivity contribution in [2.45, 2.75) is 38.6 Å². The molecule has 0 fully saturated rings. The molecule has 140 valence electrons. The van der Waals surface area contributed by atoms with E-state index in [2.05, 4.69) is 36.4 Å². The number of hydrogen-bond donors (Lipinski definition) is 1. The van der Waals surface area contributed by atoms with Gasteiger partial charge in [-0.15, -0.1) is 0 Å². The minimum atomic E-state index is -0.204. The lowest BCUT2D eigenvalue weighted by molar-refractivity contribution is -0.132. The first-order valence-corrected chi connectivity index (χ1v) is 9.21. The van der Waals surface area contributed by atoms with Crippen molar-refractivity contribution < 1.29 is 9.59 Å². The summed E-state index contributed by atoms with van der Waals surface area (Å²) in [6.07, 6.45) is 0.683. The van der Waals surface area contributed by atoms with Gasteiger partial charge in [0.2, 0.25) is 5.91 Å². The topological polar surface area (TPSA) is 61.8 Å². The average Bonchev–Trinajstić information content (AvgIpc) is 2.69. The molecule has 27 heavy (non-hydrogen) atoms. The van der Waals surface area contributed by atoms with Crippen molar-refractivity contribution in [1.82, 2.24) is 10.3 Å². The Bertz CT molecular complexity index is 829. The highest BCUT2D eigenvalue weighted by Crippen LogP contribution is 2.22. The maximum absolute atomic E-state index is 12.6. The van der Waals surface area contributed by atoms with Gasteiger partial charge >= 0.3 is 0 Å². The van der Waals surface area contributed by atoms with E-state index in [4.69, 9.17) is 0 Å². The number of nitrogens with zero attached hydrogens (tertiary/aromatic N) is 2. The zero-order valence-corrected chi connectivity index (χ0v) is 15.8. The molecule has 0 aliphatic carbocycles. The molecule has 1 heterocycles. The second kappa shape index (κ2) is 8.16. The largest absolute Gasteiger partial charge is 0.350 e. The van der Waals surface area contributed by atoms with Crippen molar-refractivity contribution in [1.29, 1.82) is 0 Å². The van der Waals surface area contributed by atoms with Crippen LogP contribution < -0.4 is 5.32 Å². The van der Waals surface area contributed by atoms with Gasteiger partial charge in [0.05, 0.1) is 6.54 Å². The maximum atomic E-state index is 12.6. The van der Waals surface area contributed by atoms with E-state index in [0.29, 0.717) is 31.6 Å². The average molecular weight is 363 g/mol. The molecule has 0 spiro atoms. The van der Waals surface area contributed by atoms with Gasteiger partial charge in [0.1, 0.15) is 5.71 Å². The second-order valence-electron chi connectivity index (χ2n) is 7.42. The molecule has 2 amide bonds. The summed E-state index contributed by atoms with van der Waals surface area (Å²) in [6.45, 7) is 5.07. The van der Waals surface area contributed by atoms with Gasteiger partial charge in [-0.3, -0.25) is 9.59 Å². The summed E-state index contributed by atoms with van der Waals surface area (Å²) >= 11 is 0. The Hall–Kier alpha value is -2.95. The van der Waals surface area contributed by atoms with Crippen molar-refractivity contribution in [2.24, 2.45) is 5.10 Å². The Morgan fingerprint density at radius 2 is 1.67 bits per heavy atom. The fraction of sp³-hybridized carbons (Fsp3) is 0.318. The quantitative estimate of drug-likeness (QED) is 0.856. The molecule has 0 saturated heterocycles. The fourth-order valence-corrected chi connectivity index (χ4v) is 3.04. The number of benzene rings is 2. The molecule has 1 N–H and O–H groups in total. The molecule has 3 rings (SSSR count). The molecule has 0 atom stereocenters. The second-order valence-corrected chi connectivity index (χ2v) is 7.42. The minimum absolute atomic E-state index is 0.0555. The number of hydrazone groups is 1. The molecule has 2 aromatic rings. The van der Waals surface area contributed by atoms with E-state index in [1.165, 1.54) is 5.01 Å². The molecule has 0 radical (unpaired) electrons. The van der Waals surface area contributed by atoms with Gasteiger partial charge in [0, 0.05) is 24.8 Å². The Morgan fingerprint density at radius 1 is 1.04 bits per heavy atom. The Morgan fingerprint density at radius 3 is 2.33 bits per heavy atom. The van der Waals surface area contributed by atoms with E-state index in [1.807, 2.05) is 48.5 Å². The summed E-state index contributed by atoms with van der Waals surface area (Å²) < 4.78 is 0. The van der Waals surface area contributed by atoms with E-state index in [0.717, 1.165) is 11.1 Å². The maximum Gasteiger partial charge on any atom is 0.267 e. The normalized spacial score (nSPS) is 14.7. The van der Waals surface area contributed by atoms with Crippen LogP contribution in [0.25, 0.3) is 0 Å². The third kappa shape index (κ3) is 4.82. The highest BCUT2D eigenvalue weighted by Gasteiger charge is 2.26. The zero-order valence-electron chi connectivity index (χ0n) is 15.8. The van der Waals surface area contributed by atoms with Crippen molar-refractivity contribution in [3.05, 3.63) is 71.8 Å². The van der Waals surface area contributed by atoms with Crippen LogP contribution in [0.15, 0.2) is 65.8 Å². The highest BCUT2D eigenvalue weighted by molar-refractivity contribution is 6.39. The monoisotopic (exact) mass is 363 g/mol. The molecule has 0 bridgehead atoms. The summed E-state index contributed by atoms with van der Waals surface area (Å²) in [7, 11) is 0. The van der Waals surface area contributed by atoms with E-state index >= 15 is 0 Å². The summed E-state index contributed by atoms with van der Waals surface area (Å²) in [5, 5.41) is 8.70. The number of amides is 2. The van der Waals surface area contributed by atoms with Crippen molar-refractivity contribution in [2.75, 3.05) is 6.54 Å². The van der Waals surface area contributed by atoms with Crippen LogP contribution >= 0.6 is 0 Å². The molecular weight excluding hydrogens is 338 g/mol. The highest BCUT2D eigenvalue weighted by atomic mass is 16.2. The van der Waals surface area contributed by atoms with Gasteiger partial charge in [-0.05, 0) is 11.1 Å². The minimum Gasteiger partial charge on any atom is -0.350 e. The molecule has 5 nitrogen and oxygen atoms in total. The SMILES string of the molecule is CC(C)(CNC(=O)C1=NN(Cc2ccccc2)C(=O)CC1)c1ccccc1. The first-order valence-electron chi connectivity index (χ1n) is 9.21. The lowest BCUT2D eigenvalue weighted by Gasteiger charge is -2.27. The van der Waals surface area contributed by atoms with Crippen LogP contribution in [0.3, 0.4) is 0 Å². The van der Waals surface area contributed by atoms with Gasteiger partial charge in [0.25, 0.3) is 5.91 Å². The van der Waals surface area contributed by atoms with E-state index in [9.17, 15) is 9.59 Å². The van der Waals surface area contributed by atoms with Gasteiger partial charge in [-0.1, -0.05) is 74.5 Å². The summed E-state index contributed by atoms with van der Waals surface area (Å²) in [5.41, 5.74) is 2.37. The summed E-state index contributed by atoms with van der Waals surface area (Å²) in [6, 6.07) is 19.8. The predicted molar refractivity (Wildman–Crippen MR) is 106 cm³/mol. The Kier molecular flexibility index (Phi) is 5.69. The van der Waals surface area contributed by atoms with Crippen molar-refractivity contribution in [3.8, 4) is 0 Å². The van der Waals surface area contributed by atoms with Crippen LogP contribution in [0.5, 0.6) is 0 Å². The third-order valence-corrected chi connectivity index (χ3v) is 4.79. The fourth-order valence-electron chi connectivity index (χ4n) is 3.04. The Labute approximate surface area is 160 Å². The summed E-state index contributed by atoms with van der Waals surface area (Å²) in [4.78, 5) is 24.8. The van der Waals surface area contributed by atoms with Crippen LogP contribution in [0.2, 0.25) is 0 Å². The van der Waals surface area contributed by atoms with E-state index < -0.39 is 0 Å². The number of rotatable bonds is 6. The molecule has 0 saturated carbocycles. The van der Waals surface area contributed by atoms with Crippen LogP contribution in [0.4, 0.5) is 0 Å². The standard InChI is InChI=1S/C22H25N3O2/c1-22(2,18-11-7-4-8-12-18)16-23-21(27)19-13-14-20(26)25(24-19)15-17-9-5-3-6-10-17/h3-12H,13-16H2,1-2H3,(H,23,27). The lowest BCUT2D eigenvalue weighted by atomic mass is 9.84. The molecule has 2 aromatic carbocycles. The predicted octanol–water partition coefficient (Wildman–Crippen LogP) is 3.26. The zero-order chi connectivity index (χ0) is 19.3. The number of carbonyl (C=O) groups excluding carboxylic acids is 2. The Balaban J connectivity index is 1.65. The van der Waals surface area contributed by atoms with E-state index in [-0.39, 0.29) is 17.2 Å². The number of carbonyl (C=O) groups is 2. The molecule has 0 unspecified atom stereocenters. The molecular formula is C22H25N3O2. The van der Waals surface area contributed by atoms with Crippen LogP contribution in [-0.4, -0.2) is 29.1 Å². The van der Waals surface area contributed by atoms with Crippen LogP contribution in [0, 0.1) is 0 Å². The lowest BCUT2D eigenvalue weighted by Crippen LogP contribution is -2.43. The summed E-state index contributed by atoms with van der Waals surface area (Å²) in [5.74, 6) is -0.260. The van der Waals surface area contributed by atoms with Crippen LogP contribution in [-0.2, 0) is 21.5 Å². The number of hydrogen-bond acceptors (Lipinski definition) is 3. The number of nitrogens with one attached hydrogen (secondary N) is 1. The van der Waals surface area contributed by atoms with Crippen molar-refractivity contribution >= 4 is 17.5 Å².